The van der Waals surface area contributed by atoms with Crippen LogP contribution in [0.25, 0.3) is 0 Å². The van der Waals surface area contributed by atoms with Gasteiger partial charge in [0.1, 0.15) is 5.82 Å². The molecule has 0 bridgehead atoms. The van der Waals surface area contributed by atoms with Crippen molar-refractivity contribution in [3.05, 3.63) is 65.5 Å². The maximum Gasteiger partial charge on any atom is 0.228 e. The van der Waals surface area contributed by atoms with E-state index in [2.05, 4.69) is 11.0 Å². The number of hydrogen-bond acceptors (Lipinski definition) is 4. The SMILES string of the molecule is N#Cc1ccc(CN2CCCN(C(=O)C3CC(=O)N(c4ccccc4F)C3)CC2)cc1. The molecule has 1 unspecified atom stereocenters. The van der Waals surface area contributed by atoms with Crippen LogP contribution in [0.3, 0.4) is 0 Å². The molecule has 2 saturated heterocycles. The topological polar surface area (TPSA) is 67.6 Å². The van der Waals surface area contributed by atoms with Gasteiger partial charge in [0, 0.05) is 45.7 Å². The predicted molar refractivity (Wildman–Crippen MR) is 114 cm³/mol. The number of hydrogen-bond donors (Lipinski definition) is 0. The van der Waals surface area contributed by atoms with Crippen molar-refractivity contribution < 1.29 is 14.0 Å². The molecule has 0 N–H and O–H groups in total. The van der Waals surface area contributed by atoms with Crippen LogP contribution in [0.15, 0.2) is 48.5 Å². The lowest BCUT2D eigenvalue weighted by molar-refractivity contribution is -0.135. The second-order valence-electron chi connectivity index (χ2n) is 8.12. The second kappa shape index (κ2) is 9.27. The number of carbonyl (C=O) groups is 2. The smallest absolute Gasteiger partial charge is 0.228 e. The van der Waals surface area contributed by atoms with Crippen LogP contribution in [0.5, 0.6) is 0 Å². The fraction of sp³-hybridized carbons (Fsp3) is 0.375. The molecule has 1 atom stereocenters. The molecule has 2 fully saturated rings. The van der Waals surface area contributed by atoms with E-state index in [9.17, 15) is 14.0 Å². The van der Waals surface area contributed by atoms with Crippen molar-refractivity contribution in [1.82, 2.24) is 9.80 Å². The molecule has 4 rings (SSSR count). The summed E-state index contributed by atoms with van der Waals surface area (Å²) in [5.41, 5.74) is 2.03. The molecule has 2 aliphatic rings. The van der Waals surface area contributed by atoms with Crippen molar-refractivity contribution in [2.75, 3.05) is 37.6 Å². The Morgan fingerprint density at radius 2 is 1.84 bits per heavy atom. The number of nitriles is 1. The average molecular weight is 420 g/mol. The zero-order valence-electron chi connectivity index (χ0n) is 17.3. The fourth-order valence-corrected chi connectivity index (χ4v) is 4.33. The molecular formula is C24H25FN4O2. The molecule has 0 radical (unpaired) electrons. The highest BCUT2D eigenvalue weighted by molar-refractivity contribution is 6.00. The molecule has 0 aromatic heterocycles. The Hall–Kier alpha value is -3.24. The summed E-state index contributed by atoms with van der Waals surface area (Å²) in [5.74, 6) is -1.11. The third kappa shape index (κ3) is 4.75. The molecule has 31 heavy (non-hydrogen) atoms. The molecule has 2 aliphatic heterocycles. The van der Waals surface area contributed by atoms with E-state index in [4.69, 9.17) is 5.26 Å². The molecule has 2 amide bonds. The monoisotopic (exact) mass is 420 g/mol. The number of halogens is 1. The summed E-state index contributed by atoms with van der Waals surface area (Å²) in [6.45, 7) is 3.91. The van der Waals surface area contributed by atoms with Crippen molar-refractivity contribution in [2.45, 2.75) is 19.4 Å². The van der Waals surface area contributed by atoms with Gasteiger partial charge in [-0.1, -0.05) is 24.3 Å². The van der Waals surface area contributed by atoms with Gasteiger partial charge in [0.25, 0.3) is 0 Å². The molecule has 0 aliphatic carbocycles. The fourth-order valence-electron chi connectivity index (χ4n) is 4.33. The third-order valence-electron chi connectivity index (χ3n) is 6.01. The van der Waals surface area contributed by atoms with Gasteiger partial charge in [0.05, 0.1) is 23.2 Å². The molecule has 0 spiro atoms. The summed E-state index contributed by atoms with van der Waals surface area (Å²) in [7, 11) is 0. The third-order valence-corrected chi connectivity index (χ3v) is 6.01. The minimum Gasteiger partial charge on any atom is -0.341 e. The molecule has 7 heteroatoms. The van der Waals surface area contributed by atoms with Crippen LogP contribution in [0.2, 0.25) is 0 Å². The summed E-state index contributed by atoms with van der Waals surface area (Å²) in [6, 6.07) is 15.9. The maximum absolute atomic E-state index is 14.1. The largest absolute Gasteiger partial charge is 0.341 e. The molecule has 160 valence electrons. The van der Waals surface area contributed by atoms with Gasteiger partial charge in [0.2, 0.25) is 11.8 Å². The number of nitrogens with zero attached hydrogens (tertiary/aromatic N) is 4. The Morgan fingerprint density at radius 3 is 2.58 bits per heavy atom. The van der Waals surface area contributed by atoms with Gasteiger partial charge in [-0.05, 0) is 36.2 Å². The first kappa shape index (κ1) is 21.0. The van der Waals surface area contributed by atoms with E-state index >= 15 is 0 Å². The lowest BCUT2D eigenvalue weighted by Crippen LogP contribution is -2.40. The van der Waals surface area contributed by atoms with Gasteiger partial charge in [0.15, 0.2) is 0 Å². The van der Waals surface area contributed by atoms with Crippen LogP contribution >= 0.6 is 0 Å². The number of carbonyl (C=O) groups excluding carboxylic acids is 2. The number of amides is 2. The van der Waals surface area contributed by atoms with Crippen molar-refractivity contribution in [3.63, 3.8) is 0 Å². The molecule has 2 heterocycles. The second-order valence-corrected chi connectivity index (χ2v) is 8.12. The highest BCUT2D eigenvalue weighted by atomic mass is 19.1. The van der Waals surface area contributed by atoms with Crippen molar-refractivity contribution in [3.8, 4) is 6.07 Å². The predicted octanol–water partition coefficient (Wildman–Crippen LogP) is 2.78. The molecular weight excluding hydrogens is 395 g/mol. The number of benzene rings is 2. The Bertz CT molecular complexity index is 1000. The van der Waals surface area contributed by atoms with Crippen molar-refractivity contribution in [2.24, 2.45) is 5.92 Å². The zero-order chi connectivity index (χ0) is 21.8. The summed E-state index contributed by atoms with van der Waals surface area (Å²) >= 11 is 0. The van der Waals surface area contributed by atoms with Crippen LogP contribution in [0, 0.1) is 23.1 Å². The lowest BCUT2D eigenvalue weighted by atomic mass is 10.1. The normalized spacial score (nSPS) is 19.9. The number of rotatable bonds is 4. The van der Waals surface area contributed by atoms with Crippen molar-refractivity contribution in [1.29, 1.82) is 5.26 Å². The molecule has 6 nitrogen and oxygen atoms in total. The maximum atomic E-state index is 14.1. The van der Waals surface area contributed by atoms with E-state index in [1.807, 2.05) is 29.2 Å². The van der Waals surface area contributed by atoms with E-state index < -0.39 is 11.7 Å². The van der Waals surface area contributed by atoms with Gasteiger partial charge in [-0.2, -0.15) is 5.26 Å². The summed E-state index contributed by atoms with van der Waals surface area (Å²) in [4.78, 5) is 31.1. The minimum atomic E-state index is -0.447. The van der Waals surface area contributed by atoms with Gasteiger partial charge < -0.3 is 9.80 Å². The standard InChI is InChI=1S/C24H25FN4O2/c25-21-4-1-2-5-22(21)29-17-20(14-23(29)30)24(31)28-11-3-10-27(12-13-28)16-19-8-6-18(15-26)7-9-19/h1-2,4-9,20H,3,10-14,16-17H2. The average Bonchev–Trinajstić information content (AvgIpc) is 3.01. The first-order chi connectivity index (χ1) is 15.0. The van der Waals surface area contributed by atoms with E-state index in [-0.39, 0.29) is 30.5 Å². The number of anilines is 1. The Morgan fingerprint density at radius 1 is 1.06 bits per heavy atom. The van der Waals surface area contributed by atoms with Crippen LogP contribution in [-0.2, 0) is 16.1 Å². The highest BCUT2D eigenvalue weighted by Crippen LogP contribution is 2.28. The highest BCUT2D eigenvalue weighted by Gasteiger charge is 2.38. The van der Waals surface area contributed by atoms with E-state index in [1.54, 1.807) is 18.2 Å². The van der Waals surface area contributed by atoms with Gasteiger partial charge in [-0.25, -0.2) is 4.39 Å². The van der Waals surface area contributed by atoms with Gasteiger partial charge >= 0.3 is 0 Å². The Kier molecular flexibility index (Phi) is 6.28. The molecule has 2 aromatic rings. The minimum absolute atomic E-state index is 0.0209. The molecule has 2 aromatic carbocycles. The van der Waals surface area contributed by atoms with E-state index in [0.717, 1.165) is 31.6 Å². The van der Waals surface area contributed by atoms with Crippen LogP contribution in [-0.4, -0.2) is 54.3 Å². The number of para-hydroxylation sites is 1. The first-order valence-electron chi connectivity index (χ1n) is 10.6. The Balaban J connectivity index is 1.35. The molecule has 0 saturated carbocycles. The van der Waals surface area contributed by atoms with E-state index in [0.29, 0.717) is 18.7 Å². The van der Waals surface area contributed by atoms with Crippen LogP contribution in [0.4, 0.5) is 10.1 Å². The lowest BCUT2D eigenvalue weighted by Gasteiger charge is -2.24. The summed E-state index contributed by atoms with van der Waals surface area (Å²) < 4.78 is 14.1. The summed E-state index contributed by atoms with van der Waals surface area (Å²) in [5, 5.41) is 8.93. The van der Waals surface area contributed by atoms with Crippen LogP contribution in [0.1, 0.15) is 24.0 Å². The van der Waals surface area contributed by atoms with Crippen LogP contribution < -0.4 is 4.90 Å². The quantitative estimate of drug-likeness (QED) is 0.763. The first-order valence-corrected chi connectivity index (χ1v) is 10.6. The zero-order valence-corrected chi connectivity index (χ0v) is 17.3. The summed E-state index contributed by atoms with van der Waals surface area (Å²) in [6.07, 6.45) is 0.984. The van der Waals surface area contributed by atoms with Crippen molar-refractivity contribution >= 4 is 17.5 Å². The van der Waals surface area contributed by atoms with Gasteiger partial charge in [-0.3, -0.25) is 14.5 Å². The van der Waals surface area contributed by atoms with E-state index in [1.165, 1.54) is 11.0 Å². The Labute approximate surface area is 181 Å². The van der Waals surface area contributed by atoms with Gasteiger partial charge in [-0.15, -0.1) is 0 Å².